The van der Waals surface area contributed by atoms with Gasteiger partial charge in [0.1, 0.15) is 6.54 Å². The first-order valence-electron chi connectivity index (χ1n) is 7.76. The molecule has 1 amide bonds. The van der Waals surface area contributed by atoms with E-state index in [1.165, 1.54) is 29.9 Å². The van der Waals surface area contributed by atoms with E-state index >= 15 is 0 Å². The van der Waals surface area contributed by atoms with Gasteiger partial charge in [-0.15, -0.1) is 0 Å². The van der Waals surface area contributed by atoms with E-state index in [1.54, 1.807) is 24.3 Å². The molecule has 0 unspecified atom stereocenters. The second kappa shape index (κ2) is 7.95. The zero-order chi connectivity index (χ0) is 20.5. The van der Waals surface area contributed by atoms with Crippen molar-refractivity contribution in [2.75, 3.05) is 7.11 Å². The number of carbonyl (C=O) groups is 2. The number of fused-ring (bicyclic) bond motifs is 1. The number of primary sulfonamides is 1. The van der Waals surface area contributed by atoms with Crippen LogP contribution in [0, 0.1) is 0 Å². The van der Waals surface area contributed by atoms with Crippen molar-refractivity contribution in [3.63, 3.8) is 0 Å². The summed E-state index contributed by atoms with van der Waals surface area (Å²) >= 11 is 4.37. The van der Waals surface area contributed by atoms with Gasteiger partial charge in [-0.05, 0) is 36.4 Å². The number of hydrogen-bond acceptors (Lipinski definition) is 6. The first kappa shape index (κ1) is 20.4. The third-order valence-corrected chi connectivity index (χ3v) is 6.21. The molecule has 3 aromatic rings. The van der Waals surface area contributed by atoms with E-state index in [9.17, 15) is 18.0 Å². The minimum atomic E-state index is -3.89. The molecule has 2 N–H and O–H groups in total. The second-order valence-electron chi connectivity index (χ2n) is 5.65. The van der Waals surface area contributed by atoms with Crippen LogP contribution in [0.1, 0.15) is 10.4 Å². The highest BCUT2D eigenvalue weighted by molar-refractivity contribution is 9.10. The number of amides is 1. The predicted molar refractivity (Wildman–Crippen MR) is 107 cm³/mol. The van der Waals surface area contributed by atoms with Crippen LogP contribution in [0.2, 0.25) is 0 Å². The number of rotatable bonds is 4. The fraction of sp³-hybridized carbons (Fsp3) is 0.118. The van der Waals surface area contributed by atoms with Gasteiger partial charge in [0.15, 0.2) is 4.80 Å². The van der Waals surface area contributed by atoms with E-state index in [1.807, 2.05) is 0 Å². The molecule has 8 nitrogen and oxygen atoms in total. The number of sulfonamides is 1. The fourth-order valence-corrected chi connectivity index (χ4v) is 4.52. The van der Waals surface area contributed by atoms with E-state index < -0.39 is 21.9 Å². The lowest BCUT2D eigenvalue weighted by atomic mass is 10.2. The highest BCUT2D eigenvalue weighted by Gasteiger charge is 2.15. The number of esters is 1. The molecule has 3 rings (SSSR count). The van der Waals surface area contributed by atoms with Crippen LogP contribution in [-0.4, -0.2) is 32.0 Å². The molecule has 0 aliphatic rings. The van der Waals surface area contributed by atoms with E-state index in [2.05, 4.69) is 20.9 Å². The maximum Gasteiger partial charge on any atom is 0.325 e. The Hall–Kier alpha value is -2.34. The number of nitrogens with zero attached hydrogens (tertiary/aromatic N) is 2. The lowest BCUT2D eigenvalue weighted by Crippen LogP contribution is -2.22. The summed E-state index contributed by atoms with van der Waals surface area (Å²) in [6.07, 6.45) is 0. The Morgan fingerprint density at radius 2 is 2.00 bits per heavy atom. The van der Waals surface area contributed by atoms with Gasteiger partial charge in [0.2, 0.25) is 10.0 Å². The van der Waals surface area contributed by atoms with E-state index in [4.69, 9.17) is 9.88 Å². The van der Waals surface area contributed by atoms with Crippen molar-refractivity contribution in [2.45, 2.75) is 11.4 Å². The van der Waals surface area contributed by atoms with Crippen LogP contribution < -0.4 is 9.94 Å². The minimum absolute atomic E-state index is 0.0728. The molecule has 1 heterocycles. The molecule has 0 aliphatic carbocycles. The summed E-state index contributed by atoms with van der Waals surface area (Å²) in [6.45, 7) is -0.185. The van der Waals surface area contributed by atoms with Crippen molar-refractivity contribution in [1.29, 1.82) is 0 Å². The molecule has 0 bridgehead atoms. The van der Waals surface area contributed by atoms with Crippen molar-refractivity contribution in [2.24, 2.45) is 10.1 Å². The van der Waals surface area contributed by atoms with Crippen LogP contribution in [0.3, 0.4) is 0 Å². The normalized spacial score (nSPS) is 12.3. The number of carbonyl (C=O) groups excluding carboxylic acids is 2. The van der Waals surface area contributed by atoms with Crippen LogP contribution in [0.15, 0.2) is 56.8 Å². The maximum atomic E-state index is 12.6. The molecule has 0 saturated carbocycles. The minimum Gasteiger partial charge on any atom is -0.468 e. The van der Waals surface area contributed by atoms with E-state index in [0.29, 0.717) is 15.8 Å². The monoisotopic (exact) mass is 483 g/mol. The van der Waals surface area contributed by atoms with Gasteiger partial charge in [0, 0.05) is 10.0 Å². The lowest BCUT2D eigenvalue weighted by molar-refractivity contribution is -0.141. The highest BCUT2D eigenvalue weighted by Crippen LogP contribution is 2.21. The summed E-state index contributed by atoms with van der Waals surface area (Å²) in [5, 5.41) is 5.18. The Labute approximate surface area is 172 Å². The number of thiazole rings is 1. The number of nitrogens with two attached hydrogens (primary N) is 1. The SMILES string of the molecule is COC(=O)Cn1c(=NC(=O)c2cccc(Br)c2)sc2cc(S(N)(=O)=O)ccc21. The van der Waals surface area contributed by atoms with Crippen LogP contribution in [0.5, 0.6) is 0 Å². The van der Waals surface area contributed by atoms with Gasteiger partial charge in [-0.3, -0.25) is 9.59 Å². The second-order valence-corrected chi connectivity index (χ2v) is 9.13. The van der Waals surface area contributed by atoms with Crippen molar-refractivity contribution >= 4 is 59.4 Å². The smallest absolute Gasteiger partial charge is 0.325 e. The number of aromatic nitrogens is 1. The van der Waals surface area contributed by atoms with Gasteiger partial charge < -0.3 is 9.30 Å². The van der Waals surface area contributed by atoms with Crippen molar-refractivity contribution in [1.82, 2.24) is 4.57 Å². The Balaban J connectivity index is 2.20. The fourth-order valence-electron chi connectivity index (χ4n) is 2.44. The number of methoxy groups -OCH3 is 1. The Bertz CT molecular complexity index is 1260. The van der Waals surface area contributed by atoms with Crippen LogP contribution >= 0.6 is 27.3 Å². The van der Waals surface area contributed by atoms with Crippen molar-refractivity contribution in [3.8, 4) is 0 Å². The van der Waals surface area contributed by atoms with Gasteiger partial charge in [-0.2, -0.15) is 4.99 Å². The standard InChI is InChI=1S/C17H14BrN3O5S2/c1-26-15(22)9-21-13-6-5-12(28(19,24)25)8-14(13)27-17(21)20-16(23)10-3-2-4-11(18)7-10/h2-8H,9H2,1H3,(H2,19,24,25). The molecule has 0 aliphatic heterocycles. The number of benzene rings is 2. The van der Waals surface area contributed by atoms with Gasteiger partial charge >= 0.3 is 5.97 Å². The van der Waals surface area contributed by atoms with Crippen LogP contribution in [-0.2, 0) is 26.1 Å². The molecule has 28 heavy (non-hydrogen) atoms. The summed E-state index contributed by atoms with van der Waals surface area (Å²) in [6, 6.07) is 11.0. The van der Waals surface area contributed by atoms with Crippen molar-refractivity contribution < 1.29 is 22.7 Å². The first-order chi connectivity index (χ1) is 13.2. The summed E-state index contributed by atoms with van der Waals surface area (Å²) in [4.78, 5) is 28.6. The molecule has 2 aromatic carbocycles. The largest absolute Gasteiger partial charge is 0.468 e. The topological polar surface area (TPSA) is 121 Å². The van der Waals surface area contributed by atoms with Gasteiger partial charge in [0.25, 0.3) is 5.91 Å². The molecule has 11 heteroatoms. The average molecular weight is 484 g/mol. The quantitative estimate of drug-likeness (QED) is 0.568. The molecule has 0 saturated heterocycles. The molecule has 1 aromatic heterocycles. The molecular formula is C17H14BrN3O5S2. The summed E-state index contributed by atoms with van der Waals surface area (Å²) in [5.41, 5.74) is 0.894. The van der Waals surface area contributed by atoms with E-state index in [-0.39, 0.29) is 16.2 Å². The molecule has 0 fully saturated rings. The third kappa shape index (κ3) is 4.38. The van der Waals surface area contributed by atoms with Crippen LogP contribution in [0.25, 0.3) is 10.2 Å². The maximum absolute atomic E-state index is 12.6. The van der Waals surface area contributed by atoms with Gasteiger partial charge in [-0.1, -0.05) is 33.3 Å². The number of halogens is 1. The lowest BCUT2D eigenvalue weighted by Gasteiger charge is -2.04. The van der Waals surface area contributed by atoms with Gasteiger partial charge in [-0.25, -0.2) is 13.6 Å². The molecular weight excluding hydrogens is 470 g/mol. The summed E-state index contributed by atoms with van der Waals surface area (Å²) in [5.74, 6) is -1.04. The highest BCUT2D eigenvalue weighted by atomic mass is 79.9. The zero-order valence-electron chi connectivity index (χ0n) is 14.5. The molecule has 0 spiro atoms. The van der Waals surface area contributed by atoms with E-state index in [0.717, 1.165) is 15.8 Å². The molecule has 0 atom stereocenters. The first-order valence-corrected chi connectivity index (χ1v) is 10.9. The Morgan fingerprint density at radius 1 is 1.25 bits per heavy atom. The summed E-state index contributed by atoms with van der Waals surface area (Å²) in [7, 11) is -2.64. The van der Waals surface area contributed by atoms with Crippen molar-refractivity contribution in [3.05, 3.63) is 57.3 Å². The predicted octanol–water partition coefficient (Wildman–Crippen LogP) is 2.03. The zero-order valence-corrected chi connectivity index (χ0v) is 17.7. The average Bonchev–Trinajstić information content (AvgIpc) is 2.97. The van der Waals surface area contributed by atoms with Gasteiger partial charge in [0.05, 0.1) is 22.2 Å². The number of hydrogen-bond donors (Lipinski definition) is 1. The summed E-state index contributed by atoms with van der Waals surface area (Å²) < 4.78 is 30.7. The molecule has 146 valence electrons. The van der Waals surface area contributed by atoms with Crippen LogP contribution in [0.4, 0.5) is 0 Å². The molecule has 0 radical (unpaired) electrons. The Morgan fingerprint density at radius 3 is 2.64 bits per heavy atom. The third-order valence-electron chi connectivity index (χ3n) is 3.77. The number of ether oxygens (including phenoxy) is 1. The Kier molecular flexibility index (Phi) is 5.79.